The van der Waals surface area contributed by atoms with E-state index in [1.165, 1.54) is 22.7 Å². The van der Waals surface area contributed by atoms with Crippen LogP contribution in [0.3, 0.4) is 0 Å². The molecule has 0 saturated heterocycles. The van der Waals surface area contributed by atoms with Gasteiger partial charge in [0.25, 0.3) is 5.56 Å². The lowest BCUT2D eigenvalue weighted by molar-refractivity contribution is 0.186. The van der Waals surface area contributed by atoms with E-state index in [-0.39, 0.29) is 5.56 Å². The minimum absolute atomic E-state index is 0.189. The molecule has 0 atom stereocenters. The van der Waals surface area contributed by atoms with Crippen molar-refractivity contribution >= 4 is 50.2 Å². The van der Waals surface area contributed by atoms with E-state index < -0.39 is 0 Å². The fourth-order valence-corrected chi connectivity index (χ4v) is 3.40. The maximum Gasteiger partial charge on any atom is 0.262 e. The van der Waals surface area contributed by atoms with Crippen molar-refractivity contribution in [2.24, 2.45) is 0 Å². The third-order valence-corrected chi connectivity index (χ3v) is 5.14. The molecule has 0 aliphatic heterocycles. The fourth-order valence-electron chi connectivity index (χ4n) is 2.08. The molecule has 0 unspecified atom stereocenters. The van der Waals surface area contributed by atoms with Crippen molar-refractivity contribution in [1.29, 1.82) is 0 Å². The zero-order chi connectivity index (χ0) is 17.1. The molecular weight excluding hydrogens is 416 g/mol. The van der Waals surface area contributed by atoms with Crippen LogP contribution in [0, 0.1) is 0 Å². The summed E-state index contributed by atoms with van der Waals surface area (Å²) < 4.78 is 7.16. The first-order chi connectivity index (χ1) is 11.6. The number of hydrogen-bond acceptors (Lipinski definition) is 6. The Morgan fingerprint density at radius 2 is 2.12 bits per heavy atom. The van der Waals surface area contributed by atoms with Gasteiger partial charge in [-0.2, -0.15) is 0 Å². The molecule has 0 fully saturated rings. The molecule has 0 N–H and O–H groups in total. The molecule has 0 radical (unpaired) electrons. The quantitative estimate of drug-likeness (QED) is 0.621. The zero-order valence-corrected chi connectivity index (χ0v) is 15.7. The second kappa shape index (κ2) is 7.60. The SMILES string of the molecule is COCCn1cnc2ccc(Sc3cnc(Br)cn3)c(Cl)c2c1=O. The summed E-state index contributed by atoms with van der Waals surface area (Å²) in [7, 11) is 1.58. The molecule has 124 valence electrons. The van der Waals surface area contributed by atoms with E-state index in [2.05, 4.69) is 30.9 Å². The second-order valence-corrected chi connectivity index (χ2v) is 7.04. The van der Waals surface area contributed by atoms with Crippen molar-refractivity contribution in [1.82, 2.24) is 19.5 Å². The Hall–Kier alpha value is -1.48. The Kier molecular flexibility index (Phi) is 5.50. The van der Waals surface area contributed by atoms with E-state index in [4.69, 9.17) is 16.3 Å². The monoisotopic (exact) mass is 426 g/mol. The van der Waals surface area contributed by atoms with Crippen LogP contribution in [0.5, 0.6) is 0 Å². The van der Waals surface area contributed by atoms with Crippen molar-refractivity contribution in [3.8, 4) is 0 Å². The summed E-state index contributed by atoms with van der Waals surface area (Å²) in [5.74, 6) is 0. The third-order valence-electron chi connectivity index (χ3n) is 3.24. The van der Waals surface area contributed by atoms with Crippen LogP contribution in [0.2, 0.25) is 5.02 Å². The van der Waals surface area contributed by atoms with Gasteiger partial charge in [0, 0.05) is 12.0 Å². The summed E-state index contributed by atoms with van der Waals surface area (Å²) in [5.41, 5.74) is 0.372. The lowest BCUT2D eigenvalue weighted by atomic mass is 10.2. The van der Waals surface area contributed by atoms with Crippen LogP contribution in [0.4, 0.5) is 0 Å². The molecule has 0 amide bonds. The Labute approximate surface area is 155 Å². The fraction of sp³-hybridized carbons (Fsp3) is 0.200. The average molecular weight is 428 g/mol. The van der Waals surface area contributed by atoms with Gasteiger partial charge in [0.1, 0.15) is 9.63 Å². The van der Waals surface area contributed by atoms with E-state index in [0.29, 0.717) is 38.7 Å². The minimum Gasteiger partial charge on any atom is -0.383 e. The highest BCUT2D eigenvalue weighted by Gasteiger charge is 2.13. The number of ether oxygens (including phenoxy) is 1. The lowest BCUT2D eigenvalue weighted by Crippen LogP contribution is -2.22. The molecule has 9 heteroatoms. The van der Waals surface area contributed by atoms with Crippen LogP contribution < -0.4 is 5.56 Å². The van der Waals surface area contributed by atoms with Gasteiger partial charge in [-0.05, 0) is 28.1 Å². The second-order valence-electron chi connectivity index (χ2n) is 4.79. The molecule has 0 spiro atoms. The summed E-state index contributed by atoms with van der Waals surface area (Å²) in [4.78, 5) is 26.1. The van der Waals surface area contributed by atoms with Crippen LogP contribution in [0.15, 0.2) is 50.2 Å². The first-order valence-corrected chi connectivity index (χ1v) is 8.91. The number of aromatic nitrogens is 4. The van der Waals surface area contributed by atoms with Crippen LogP contribution in [0.25, 0.3) is 10.9 Å². The van der Waals surface area contributed by atoms with Crippen molar-refractivity contribution in [2.75, 3.05) is 13.7 Å². The molecule has 2 heterocycles. The molecule has 3 aromatic rings. The number of methoxy groups -OCH3 is 1. The summed E-state index contributed by atoms with van der Waals surface area (Å²) >= 11 is 11.1. The summed E-state index contributed by atoms with van der Waals surface area (Å²) in [6.45, 7) is 0.845. The topological polar surface area (TPSA) is 69.9 Å². The van der Waals surface area contributed by atoms with Crippen LogP contribution >= 0.6 is 39.3 Å². The molecule has 0 aliphatic rings. The Balaban J connectivity index is 2.03. The van der Waals surface area contributed by atoms with Crippen molar-refractivity contribution in [3.05, 3.63) is 50.8 Å². The number of halogens is 2. The van der Waals surface area contributed by atoms with Gasteiger partial charge >= 0.3 is 0 Å². The largest absolute Gasteiger partial charge is 0.383 e. The highest BCUT2D eigenvalue weighted by atomic mass is 79.9. The number of nitrogens with zero attached hydrogens (tertiary/aromatic N) is 4. The molecule has 24 heavy (non-hydrogen) atoms. The predicted octanol–water partition coefficient (Wildman–Crippen LogP) is 3.40. The molecule has 3 rings (SSSR count). The first-order valence-electron chi connectivity index (χ1n) is 6.92. The van der Waals surface area contributed by atoms with Crippen LogP contribution in [-0.4, -0.2) is 33.2 Å². The lowest BCUT2D eigenvalue weighted by Gasteiger charge is -2.09. The van der Waals surface area contributed by atoms with E-state index in [1.807, 2.05) is 6.07 Å². The predicted molar refractivity (Wildman–Crippen MR) is 96.7 cm³/mol. The first kappa shape index (κ1) is 17.3. The Morgan fingerprint density at radius 1 is 1.29 bits per heavy atom. The third kappa shape index (κ3) is 3.61. The van der Waals surface area contributed by atoms with Gasteiger partial charge < -0.3 is 4.74 Å². The normalized spacial score (nSPS) is 11.1. The van der Waals surface area contributed by atoms with Crippen molar-refractivity contribution < 1.29 is 4.74 Å². The molecule has 0 saturated carbocycles. The highest BCUT2D eigenvalue weighted by molar-refractivity contribution is 9.10. The number of fused-ring (bicyclic) bond motifs is 1. The molecule has 0 bridgehead atoms. The van der Waals surface area contributed by atoms with Gasteiger partial charge in [-0.25, -0.2) is 15.0 Å². The van der Waals surface area contributed by atoms with Crippen molar-refractivity contribution in [3.63, 3.8) is 0 Å². The minimum atomic E-state index is -0.189. The van der Waals surface area contributed by atoms with E-state index in [9.17, 15) is 4.79 Å². The maximum atomic E-state index is 12.6. The van der Waals surface area contributed by atoms with Gasteiger partial charge in [-0.1, -0.05) is 23.4 Å². The molecule has 6 nitrogen and oxygen atoms in total. The van der Waals surface area contributed by atoms with E-state index >= 15 is 0 Å². The average Bonchev–Trinajstić information content (AvgIpc) is 2.58. The zero-order valence-electron chi connectivity index (χ0n) is 12.6. The molecule has 2 aromatic heterocycles. The Morgan fingerprint density at radius 3 is 2.83 bits per heavy atom. The highest BCUT2D eigenvalue weighted by Crippen LogP contribution is 2.35. The molecule has 1 aromatic carbocycles. The summed E-state index contributed by atoms with van der Waals surface area (Å²) in [6, 6.07) is 3.60. The standard InChI is InChI=1S/C15H12BrClN4O2S/c1-23-5-4-21-8-20-9-2-3-10(14(17)13(9)15(21)22)24-12-7-18-11(16)6-19-12/h2-3,6-8H,4-5H2,1H3. The number of rotatable bonds is 5. The van der Waals surface area contributed by atoms with Gasteiger partial charge in [0.05, 0.1) is 47.8 Å². The van der Waals surface area contributed by atoms with Crippen molar-refractivity contribution in [2.45, 2.75) is 16.5 Å². The summed E-state index contributed by atoms with van der Waals surface area (Å²) in [5, 5.41) is 1.44. The van der Waals surface area contributed by atoms with Gasteiger partial charge in [0.2, 0.25) is 0 Å². The molecule has 0 aliphatic carbocycles. The van der Waals surface area contributed by atoms with Crippen LogP contribution in [0.1, 0.15) is 0 Å². The van der Waals surface area contributed by atoms with Gasteiger partial charge in [-0.15, -0.1) is 0 Å². The summed E-state index contributed by atoms with van der Waals surface area (Å²) in [6.07, 6.45) is 4.75. The Bertz CT molecular complexity index is 933. The van der Waals surface area contributed by atoms with E-state index in [0.717, 1.165) is 4.90 Å². The number of benzene rings is 1. The number of hydrogen-bond donors (Lipinski definition) is 0. The van der Waals surface area contributed by atoms with E-state index in [1.54, 1.807) is 25.6 Å². The molecular formula is C15H12BrClN4O2S. The maximum absolute atomic E-state index is 12.6. The smallest absolute Gasteiger partial charge is 0.262 e. The van der Waals surface area contributed by atoms with Crippen LogP contribution in [-0.2, 0) is 11.3 Å². The van der Waals surface area contributed by atoms with Gasteiger partial charge in [-0.3, -0.25) is 9.36 Å². The van der Waals surface area contributed by atoms with Gasteiger partial charge in [0.15, 0.2) is 0 Å².